The standard InChI is InChI=1S/C14H20N2O/c1-12-7-6-8-14(13(12)11-15)16-9-4-2-3-5-10-17/h6-8,16-17H,2-5,9-10H2,1H3. The average molecular weight is 232 g/mol. The molecule has 0 heterocycles. The van der Waals surface area contributed by atoms with Gasteiger partial charge in [0.25, 0.3) is 0 Å². The summed E-state index contributed by atoms with van der Waals surface area (Å²) >= 11 is 0. The van der Waals surface area contributed by atoms with Gasteiger partial charge in [-0.2, -0.15) is 5.26 Å². The summed E-state index contributed by atoms with van der Waals surface area (Å²) in [5, 5.41) is 21.0. The van der Waals surface area contributed by atoms with E-state index in [1.807, 2.05) is 25.1 Å². The molecule has 0 aliphatic heterocycles. The lowest BCUT2D eigenvalue weighted by Gasteiger charge is -2.09. The number of nitriles is 1. The molecule has 3 nitrogen and oxygen atoms in total. The normalized spacial score (nSPS) is 9.94. The van der Waals surface area contributed by atoms with Crippen LogP contribution in [0.1, 0.15) is 36.8 Å². The molecule has 3 heteroatoms. The number of aliphatic hydroxyl groups is 1. The van der Waals surface area contributed by atoms with E-state index in [0.29, 0.717) is 0 Å². The van der Waals surface area contributed by atoms with Gasteiger partial charge in [-0.3, -0.25) is 0 Å². The maximum absolute atomic E-state index is 9.05. The highest BCUT2D eigenvalue weighted by molar-refractivity contribution is 5.60. The molecule has 0 amide bonds. The van der Waals surface area contributed by atoms with Crippen molar-refractivity contribution in [1.82, 2.24) is 0 Å². The van der Waals surface area contributed by atoms with E-state index < -0.39 is 0 Å². The number of anilines is 1. The molecule has 0 saturated heterocycles. The van der Waals surface area contributed by atoms with Crippen molar-refractivity contribution in [2.75, 3.05) is 18.5 Å². The lowest BCUT2D eigenvalue weighted by Crippen LogP contribution is -2.04. The second kappa shape index (κ2) is 7.70. The molecule has 17 heavy (non-hydrogen) atoms. The average Bonchev–Trinajstić information content (AvgIpc) is 2.34. The summed E-state index contributed by atoms with van der Waals surface area (Å²) in [5.74, 6) is 0. The predicted molar refractivity (Wildman–Crippen MR) is 69.9 cm³/mol. The lowest BCUT2D eigenvalue weighted by molar-refractivity contribution is 0.283. The van der Waals surface area contributed by atoms with Crippen LogP contribution in [0.3, 0.4) is 0 Å². The van der Waals surface area contributed by atoms with E-state index in [-0.39, 0.29) is 6.61 Å². The van der Waals surface area contributed by atoms with Gasteiger partial charge in [0.05, 0.1) is 11.3 Å². The molecular formula is C14H20N2O. The van der Waals surface area contributed by atoms with Crippen LogP contribution in [-0.2, 0) is 0 Å². The Kier molecular flexibility index (Phi) is 6.13. The second-order valence-corrected chi connectivity index (χ2v) is 4.17. The molecular weight excluding hydrogens is 212 g/mol. The largest absolute Gasteiger partial charge is 0.396 e. The zero-order chi connectivity index (χ0) is 12.5. The summed E-state index contributed by atoms with van der Waals surface area (Å²) in [6.07, 6.45) is 4.13. The van der Waals surface area contributed by atoms with Crippen LogP contribution in [0.2, 0.25) is 0 Å². The van der Waals surface area contributed by atoms with E-state index in [2.05, 4.69) is 11.4 Å². The van der Waals surface area contributed by atoms with E-state index in [1.54, 1.807) is 0 Å². The second-order valence-electron chi connectivity index (χ2n) is 4.17. The summed E-state index contributed by atoms with van der Waals surface area (Å²) in [6, 6.07) is 8.09. The molecule has 0 radical (unpaired) electrons. The first-order chi connectivity index (χ1) is 8.29. The van der Waals surface area contributed by atoms with Crippen LogP contribution < -0.4 is 5.32 Å². The molecule has 0 fully saturated rings. The number of aliphatic hydroxyl groups excluding tert-OH is 1. The van der Waals surface area contributed by atoms with Gasteiger partial charge in [-0.15, -0.1) is 0 Å². The Morgan fingerprint density at radius 3 is 2.71 bits per heavy atom. The zero-order valence-corrected chi connectivity index (χ0v) is 10.4. The van der Waals surface area contributed by atoms with Crippen molar-refractivity contribution >= 4 is 5.69 Å². The number of unbranched alkanes of at least 4 members (excludes halogenated alkanes) is 3. The van der Waals surface area contributed by atoms with Crippen LogP contribution in [0, 0.1) is 18.3 Å². The minimum absolute atomic E-state index is 0.282. The Bertz CT molecular complexity index is 382. The summed E-state index contributed by atoms with van der Waals surface area (Å²) in [6.45, 7) is 3.11. The number of nitrogens with zero attached hydrogens (tertiary/aromatic N) is 1. The lowest BCUT2D eigenvalue weighted by atomic mass is 10.1. The van der Waals surface area contributed by atoms with Crippen LogP contribution in [0.15, 0.2) is 18.2 Å². The molecule has 2 N–H and O–H groups in total. The van der Waals surface area contributed by atoms with Crippen LogP contribution in [0.4, 0.5) is 5.69 Å². The van der Waals surface area contributed by atoms with Gasteiger partial charge in [-0.1, -0.05) is 25.0 Å². The number of aryl methyl sites for hydroxylation is 1. The minimum Gasteiger partial charge on any atom is -0.396 e. The maximum atomic E-state index is 9.05. The number of nitrogens with one attached hydrogen (secondary N) is 1. The maximum Gasteiger partial charge on any atom is 0.102 e. The van der Waals surface area contributed by atoms with Crippen LogP contribution in [0.25, 0.3) is 0 Å². The van der Waals surface area contributed by atoms with Gasteiger partial charge in [0.2, 0.25) is 0 Å². The van der Waals surface area contributed by atoms with Crippen molar-refractivity contribution in [2.24, 2.45) is 0 Å². The monoisotopic (exact) mass is 232 g/mol. The van der Waals surface area contributed by atoms with Crippen LogP contribution in [0.5, 0.6) is 0 Å². The van der Waals surface area contributed by atoms with Gasteiger partial charge in [0, 0.05) is 13.2 Å². The van der Waals surface area contributed by atoms with Gasteiger partial charge in [0.1, 0.15) is 6.07 Å². The van der Waals surface area contributed by atoms with Crippen molar-refractivity contribution in [3.8, 4) is 6.07 Å². The van der Waals surface area contributed by atoms with Crippen molar-refractivity contribution in [3.63, 3.8) is 0 Å². The van der Waals surface area contributed by atoms with Crippen molar-refractivity contribution in [2.45, 2.75) is 32.6 Å². The van der Waals surface area contributed by atoms with E-state index >= 15 is 0 Å². The number of hydrogen-bond donors (Lipinski definition) is 2. The van der Waals surface area contributed by atoms with E-state index in [9.17, 15) is 0 Å². The fourth-order valence-corrected chi connectivity index (χ4v) is 1.78. The first-order valence-electron chi connectivity index (χ1n) is 6.14. The van der Waals surface area contributed by atoms with Crippen LogP contribution in [-0.4, -0.2) is 18.3 Å². The van der Waals surface area contributed by atoms with Gasteiger partial charge in [-0.25, -0.2) is 0 Å². The molecule has 0 atom stereocenters. The smallest absolute Gasteiger partial charge is 0.102 e. The van der Waals surface area contributed by atoms with Gasteiger partial charge >= 0.3 is 0 Å². The zero-order valence-electron chi connectivity index (χ0n) is 10.4. The molecule has 92 valence electrons. The molecule has 0 saturated carbocycles. The molecule has 0 spiro atoms. The molecule has 1 aromatic carbocycles. The quantitative estimate of drug-likeness (QED) is 0.711. The molecule has 0 aliphatic rings. The summed E-state index contributed by atoms with van der Waals surface area (Å²) in [4.78, 5) is 0. The summed E-state index contributed by atoms with van der Waals surface area (Å²) in [5.41, 5.74) is 2.68. The van der Waals surface area contributed by atoms with E-state index in [1.165, 1.54) is 0 Å². The third-order valence-corrected chi connectivity index (χ3v) is 2.78. The van der Waals surface area contributed by atoms with Gasteiger partial charge in [0.15, 0.2) is 0 Å². The van der Waals surface area contributed by atoms with E-state index in [0.717, 1.165) is 49.0 Å². The predicted octanol–water partition coefficient (Wildman–Crippen LogP) is 2.83. The Morgan fingerprint density at radius 2 is 2.00 bits per heavy atom. The van der Waals surface area contributed by atoms with Crippen molar-refractivity contribution in [1.29, 1.82) is 5.26 Å². The third-order valence-electron chi connectivity index (χ3n) is 2.78. The summed E-state index contributed by atoms with van der Waals surface area (Å²) < 4.78 is 0. The van der Waals surface area contributed by atoms with Crippen molar-refractivity contribution < 1.29 is 5.11 Å². The summed E-state index contributed by atoms with van der Waals surface area (Å²) in [7, 11) is 0. The van der Waals surface area contributed by atoms with Gasteiger partial charge < -0.3 is 10.4 Å². The fourth-order valence-electron chi connectivity index (χ4n) is 1.78. The SMILES string of the molecule is Cc1cccc(NCCCCCCO)c1C#N. The highest BCUT2D eigenvalue weighted by Crippen LogP contribution is 2.18. The Morgan fingerprint density at radius 1 is 1.24 bits per heavy atom. The van der Waals surface area contributed by atoms with Gasteiger partial charge in [-0.05, 0) is 31.4 Å². The molecule has 0 bridgehead atoms. The Labute approximate surface area is 103 Å². The Hall–Kier alpha value is -1.53. The molecule has 0 unspecified atom stereocenters. The molecule has 0 aromatic heterocycles. The topological polar surface area (TPSA) is 56.0 Å². The number of benzene rings is 1. The number of hydrogen-bond acceptors (Lipinski definition) is 3. The molecule has 1 rings (SSSR count). The highest BCUT2D eigenvalue weighted by atomic mass is 16.2. The first kappa shape index (κ1) is 13.5. The third kappa shape index (κ3) is 4.46. The minimum atomic E-state index is 0.282. The Balaban J connectivity index is 2.37. The van der Waals surface area contributed by atoms with Crippen molar-refractivity contribution in [3.05, 3.63) is 29.3 Å². The molecule has 0 aliphatic carbocycles. The fraction of sp³-hybridized carbons (Fsp3) is 0.500. The highest BCUT2D eigenvalue weighted by Gasteiger charge is 2.03. The van der Waals surface area contributed by atoms with Crippen LogP contribution >= 0.6 is 0 Å². The van der Waals surface area contributed by atoms with E-state index in [4.69, 9.17) is 10.4 Å². The number of rotatable bonds is 7. The first-order valence-corrected chi connectivity index (χ1v) is 6.14. The molecule has 1 aromatic rings.